The van der Waals surface area contributed by atoms with Crippen LogP contribution in [0.2, 0.25) is 0 Å². The van der Waals surface area contributed by atoms with Gasteiger partial charge in [-0.05, 0) is 37.6 Å². The summed E-state index contributed by atoms with van der Waals surface area (Å²) in [5.41, 5.74) is 0.834. The summed E-state index contributed by atoms with van der Waals surface area (Å²) < 4.78 is 54.5. The predicted molar refractivity (Wildman–Crippen MR) is 89.0 cm³/mol. The van der Waals surface area contributed by atoms with Gasteiger partial charge in [-0.25, -0.2) is 18.1 Å². The van der Waals surface area contributed by atoms with Crippen molar-refractivity contribution < 1.29 is 26.7 Å². The number of alkyl halides is 2. The molecule has 2 rings (SSSR count). The van der Waals surface area contributed by atoms with Crippen molar-refractivity contribution in [2.45, 2.75) is 24.7 Å². The average Bonchev–Trinajstić information content (AvgIpc) is 2.85. The van der Waals surface area contributed by atoms with Crippen LogP contribution in [0.5, 0.6) is 5.75 Å². The smallest absolute Gasteiger partial charge is 0.387 e. The fourth-order valence-electron chi connectivity index (χ4n) is 1.91. The van der Waals surface area contributed by atoms with Gasteiger partial charge in [-0.2, -0.15) is 8.78 Å². The fraction of sp³-hybridized carbons (Fsp3) is 0.200. The highest BCUT2D eigenvalue weighted by Gasteiger charge is 2.22. The van der Waals surface area contributed by atoms with Gasteiger partial charge in [0.15, 0.2) is 4.21 Å². The molecule has 1 heterocycles. The van der Waals surface area contributed by atoms with Crippen molar-refractivity contribution in [1.29, 1.82) is 0 Å². The fourth-order valence-corrected chi connectivity index (χ4v) is 4.34. The van der Waals surface area contributed by atoms with Crippen molar-refractivity contribution in [3.8, 4) is 5.75 Å². The summed E-state index contributed by atoms with van der Waals surface area (Å²) in [6, 6.07) is 5.52. The molecule has 10 heteroatoms. The number of hydrogen-bond acceptors (Lipinski definition) is 6. The first-order valence-corrected chi connectivity index (χ1v) is 9.21. The number of sulfonamides is 1. The molecule has 6 nitrogen and oxygen atoms in total. The van der Waals surface area contributed by atoms with Crippen molar-refractivity contribution in [2.24, 2.45) is 0 Å². The van der Waals surface area contributed by atoms with E-state index in [0.29, 0.717) is 16.3 Å². The van der Waals surface area contributed by atoms with E-state index in [1.165, 1.54) is 30.3 Å². The van der Waals surface area contributed by atoms with Gasteiger partial charge in [-0.15, -0.1) is 11.3 Å². The first kappa shape index (κ1) is 19.0. The number of ether oxygens (including phenoxy) is 1. The molecule has 0 spiro atoms. The highest BCUT2D eigenvalue weighted by atomic mass is 32.2. The van der Waals surface area contributed by atoms with Gasteiger partial charge < -0.3 is 4.74 Å². The van der Waals surface area contributed by atoms with Crippen molar-refractivity contribution in [1.82, 2.24) is 9.71 Å². The molecule has 0 saturated heterocycles. The molecular weight excluding hydrogens is 374 g/mol. The maximum atomic E-state index is 12.2. The van der Waals surface area contributed by atoms with Crippen molar-refractivity contribution >= 4 is 33.3 Å². The Labute approximate surface area is 147 Å². The molecule has 0 radical (unpaired) electrons. The van der Waals surface area contributed by atoms with Crippen LogP contribution < -0.4 is 9.46 Å². The summed E-state index contributed by atoms with van der Waals surface area (Å²) in [5.74, 6) is -0.853. The molecule has 0 atom stereocenters. The number of thiazole rings is 1. The van der Waals surface area contributed by atoms with Crippen LogP contribution in [0, 0.1) is 13.8 Å². The number of benzene rings is 1. The number of carbonyl (C=O) groups excluding carboxylic acids is 1. The van der Waals surface area contributed by atoms with Gasteiger partial charge in [0.25, 0.3) is 15.9 Å². The Balaban J connectivity index is 2.04. The maximum absolute atomic E-state index is 12.2. The summed E-state index contributed by atoms with van der Waals surface area (Å²) in [4.78, 5) is 15.8. The van der Waals surface area contributed by atoms with Crippen LogP contribution in [-0.2, 0) is 14.8 Å². The van der Waals surface area contributed by atoms with Crippen molar-refractivity contribution in [3.63, 3.8) is 0 Å². The molecule has 0 aliphatic rings. The van der Waals surface area contributed by atoms with E-state index in [-0.39, 0.29) is 9.96 Å². The maximum Gasteiger partial charge on any atom is 0.387 e. The third-order valence-corrected chi connectivity index (χ3v) is 5.90. The number of aryl methyl sites for hydroxylation is 2. The van der Waals surface area contributed by atoms with E-state index in [2.05, 4.69) is 9.72 Å². The minimum absolute atomic E-state index is 0.0137. The second-order valence-electron chi connectivity index (χ2n) is 4.86. The van der Waals surface area contributed by atoms with Gasteiger partial charge in [0.1, 0.15) is 5.75 Å². The number of aromatic nitrogens is 1. The van der Waals surface area contributed by atoms with E-state index in [0.717, 1.165) is 17.4 Å². The lowest BCUT2D eigenvalue weighted by atomic mass is 10.2. The Morgan fingerprint density at radius 3 is 2.44 bits per heavy atom. The number of nitrogens with zero attached hydrogens (tertiary/aromatic N) is 1. The number of hydrogen-bond donors (Lipinski definition) is 1. The highest BCUT2D eigenvalue weighted by Crippen LogP contribution is 2.22. The summed E-state index contributed by atoms with van der Waals surface area (Å²) >= 11 is 0.971. The zero-order chi connectivity index (χ0) is 18.6. The topological polar surface area (TPSA) is 85.4 Å². The summed E-state index contributed by atoms with van der Waals surface area (Å²) in [6.07, 6.45) is 2.38. The number of rotatable bonds is 6. The van der Waals surface area contributed by atoms with Crippen LogP contribution in [-0.4, -0.2) is 25.9 Å². The predicted octanol–water partition coefficient (Wildman–Crippen LogP) is 2.88. The summed E-state index contributed by atoms with van der Waals surface area (Å²) in [7, 11) is -3.99. The number of carbonyl (C=O) groups is 1. The zero-order valence-electron chi connectivity index (χ0n) is 13.2. The van der Waals surface area contributed by atoms with Crippen LogP contribution >= 0.6 is 11.3 Å². The van der Waals surface area contributed by atoms with Gasteiger partial charge >= 0.3 is 6.61 Å². The van der Waals surface area contributed by atoms with Crippen LogP contribution in [0.25, 0.3) is 6.08 Å². The van der Waals surface area contributed by atoms with Crippen molar-refractivity contribution in [2.75, 3.05) is 0 Å². The SMILES string of the molecule is Cc1nc(C)c(S(=O)(=O)NC(=O)C=Cc2ccc(OC(F)F)cc2)s1. The molecule has 0 aliphatic carbocycles. The molecule has 1 amide bonds. The number of amides is 1. The Bertz CT molecular complexity index is 891. The Morgan fingerprint density at radius 2 is 1.92 bits per heavy atom. The van der Waals surface area contributed by atoms with Gasteiger partial charge in [-0.3, -0.25) is 4.79 Å². The van der Waals surface area contributed by atoms with Crippen LogP contribution in [0.1, 0.15) is 16.3 Å². The van der Waals surface area contributed by atoms with E-state index in [1.54, 1.807) is 13.8 Å². The van der Waals surface area contributed by atoms with E-state index in [9.17, 15) is 22.0 Å². The molecule has 0 aliphatic heterocycles. The minimum atomic E-state index is -3.99. The number of nitrogens with one attached hydrogen (secondary N) is 1. The van der Waals surface area contributed by atoms with E-state index >= 15 is 0 Å². The van der Waals surface area contributed by atoms with Gasteiger partial charge in [-0.1, -0.05) is 12.1 Å². The molecule has 0 saturated carbocycles. The monoisotopic (exact) mass is 388 g/mol. The van der Waals surface area contributed by atoms with Gasteiger partial charge in [0, 0.05) is 6.08 Å². The molecule has 1 N–H and O–H groups in total. The molecule has 0 fully saturated rings. The minimum Gasteiger partial charge on any atom is -0.435 e. The van der Waals surface area contributed by atoms with Gasteiger partial charge in [0.05, 0.1) is 10.7 Å². The Morgan fingerprint density at radius 1 is 1.28 bits per heavy atom. The quantitative estimate of drug-likeness (QED) is 0.769. The molecular formula is C15H14F2N2O4S2. The molecule has 1 aromatic heterocycles. The number of halogens is 2. The second kappa shape index (κ2) is 7.70. The zero-order valence-corrected chi connectivity index (χ0v) is 14.8. The average molecular weight is 388 g/mol. The van der Waals surface area contributed by atoms with Crippen LogP contribution in [0.4, 0.5) is 8.78 Å². The van der Waals surface area contributed by atoms with Crippen molar-refractivity contribution in [3.05, 3.63) is 46.6 Å². The lowest BCUT2D eigenvalue weighted by Gasteiger charge is -2.04. The lowest BCUT2D eigenvalue weighted by molar-refractivity contribution is -0.114. The van der Waals surface area contributed by atoms with Crippen LogP contribution in [0.3, 0.4) is 0 Å². The Hall–Kier alpha value is -2.33. The largest absolute Gasteiger partial charge is 0.435 e. The van der Waals surface area contributed by atoms with E-state index in [4.69, 9.17) is 0 Å². The van der Waals surface area contributed by atoms with E-state index < -0.39 is 22.5 Å². The summed E-state index contributed by atoms with van der Waals surface area (Å²) in [6.45, 7) is 0.289. The highest BCUT2D eigenvalue weighted by molar-refractivity contribution is 7.92. The van der Waals surface area contributed by atoms with Crippen LogP contribution in [0.15, 0.2) is 34.6 Å². The van der Waals surface area contributed by atoms with E-state index in [1.807, 2.05) is 4.72 Å². The lowest BCUT2D eigenvalue weighted by Crippen LogP contribution is -2.28. The van der Waals surface area contributed by atoms with Gasteiger partial charge in [0.2, 0.25) is 0 Å². The first-order chi connectivity index (χ1) is 11.7. The molecule has 25 heavy (non-hydrogen) atoms. The normalized spacial score (nSPS) is 11.9. The molecule has 134 valence electrons. The molecule has 1 aromatic carbocycles. The molecule has 2 aromatic rings. The molecule has 0 unspecified atom stereocenters. The molecule has 0 bridgehead atoms. The third kappa shape index (κ3) is 5.33. The standard InChI is InChI=1S/C15H14F2N2O4S2/c1-9-14(24-10(2)18-9)25(21,22)19-13(20)8-5-11-3-6-12(7-4-11)23-15(16)17/h3-8,15H,1-2H3,(H,19,20). The first-order valence-electron chi connectivity index (χ1n) is 6.91. The summed E-state index contributed by atoms with van der Waals surface area (Å²) in [5, 5.41) is 0.576. The third-order valence-electron chi connectivity index (χ3n) is 2.87. The Kier molecular flexibility index (Phi) is 5.85. The second-order valence-corrected chi connectivity index (χ2v) is 7.94.